The minimum absolute atomic E-state index is 0.224. The lowest BCUT2D eigenvalue weighted by molar-refractivity contribution is 0.628. The van der Waals surface area contributed by atoms with Gasteiger partial charge in [-0.15, -0.1) is 0 Å². The van der Waals surface area contributed by atoms with Crippen molar-refractivity contribution in [2.75, 3.05) is 0 Å². The highest BCUT2D eigenvalue weighted by atomic mass is 19.1. The normalized spacial score (nSPS) is 17.1. The van der Waals surface area contributed by atoms with Gasteiger partial charge < -0.3 is 5.73 Å². The van der Waals surface area contributed by atoms with E-state index in [0.717, 1.165) is 29.7 Å². The Bertz CT molecular complexity index is 553. The molecule has 1 aliphatic rings. The maximum atomic E-state index is 12.9. The molecule has 0 atom stereocenters. The van der Waals surface area contributed by atoms with Crippen molar-refractivity contribution in [3.05, 3.63) is 41.8 Å². The van der Waals surface area contributed by atoms with Crippen LogP contribution < -0.4 is 5.73 Å². The summed E-state index contributed by atoms with van der Waals surface area (Å²) in [6.07, 6.45) is 3.81. The highest BCUT2D eigenvalue weighted by Gasteiger charge is 2.43. The van der Waals surface area contributed by atoms with Crippen molar-refractivity contribution in [1.29, 1.82) is 0 Å². The molecule has 0 unspecified atom stereocenters. The Balaban J connectivity index is 2.13. The molecule has 1 aromatic carbocycles. The first-order valence-electron chi connectivity index (χ1n) is 5.67. The van der Waals surface area contributed by atoms with Crippen LogP contribution in [0, 0.1) is 5.82 Å². The van der Waals surface area contributed by atoms with E-state index >= 15 is 0 Å². The van der Waals surface area contributed by atoms with E-state index in [2.05, 4.69) is 5.10 Å². The molecule has 0 aliphatic heterocycles. The van der Waals surface area contributed by atoms with Gasteiger partial charge in [0.25, 0.3) is 0 Å². The summed E-state index contributed by atoms with van der Waals surface area (Å²) in [5.74, 6) is -0.230. The Morgan fingerprint density at radius 1 is 1.29 bits per heavy atom. The number of halogens is 1. The van der Waals surface area contributed by atoms with Gasteiger partial charge in [-0.2, -0.15) is 5.10 Å². The van der Waals surface area contributed by atoms with Gasteiger partial charge in [0.05, 0.1) is 11.9 Å². The second kappa shape index (κ2) is 3.40. The maximum Gasteiger partial charge on any atom is 0.123 e. The van der Waals surface area contributed by atoms with Crippen molar-refractivity contribution in [3.63, 3.8) is 0 Å². The number of hydrogen-bond acceptors (Lipinski definition) is 2. The number of nitrogens with two attached hydrogens (primary N) is 1. The summed E-state index contributed by atoms with van der Waals surface area (Å²) in [6.45, 7) is 0. The monoisotopic (exact) mass is 231 g/mol. The Hall–Kier alpha value is -1.68. The topological polar surface area (TPSA) is 43.8 Å². The fourth-order valence-electron chi connectivity index (χ4n) is 2.16. The first kappa shape index (κ1) is 10.5. The minimum Gasteiger partial charge on any atom is -0.321 e. The van der Waals surface area contributed by atoms with Gasteiger partial charge in [0.2, 0.25) is 0 Å². The summed E-state index contributed by atoms with van der Waals surface area (Å²) in [6, 6.07) is 6.45. The maximum absolute atomic E-state index is 12.9. The number of aromatic nitrogens is 2. The van der Waals surface area contributed by atoms with Crippen LogP contribution in [0.25, 0.3) is 11.3 Å². The Morgan fingerprint density at radius 3 is 2.53 bits per heavy atom. The van der Waals surface area contributed by atoms with Crippen molar-refractivity contribution >= 4 is 0 Å². The highest BCUT2D eigenvalue weighted by Crippen LogP contribution is 2.46. The van der Waals surface area contributed by atoms with Crippen LogP contribution in [0.15, 0.2) is 30.5 Å². The van der Waals surface area contributed by atoms with Gasteiger partial charge in [-0.1, -0.05) is 0 Å². The van der Waals surface area contributed by atoms with E-state index in [1.54, 1.807) is 16.8 Å². The third kappa shape index (κ3) is 1.65. The van der Waals surface area contributed by atoms with Crippen LogP contribution in [0.1, 0.15) is 18.4 Å². The first-order chi connectivity index (χ1) is 8.10. The highest BCUT2D eigenvalue weighted by molar-refractivity contribution is 5.65. The third-order valence-corrected chi connectivity index (χ3v) is 3.38. The predicted molar refractivity (Wildman–Crippen MR) is 63.7 cm³/mol. The van der Waals surface area contributed by atoms with E-state index in [4.69, 9.17) is 5.73 Å². The zero-order chi connectivity index (χ0) is 12.0. The molecule has 4 heteroatoms. The van der Waals surface area contributed by atoms with Gasteiger partial charge >= 0.3 is 0 Å². The number of hydrogen-bond donors (Lipinski definition) is 1. The third-order valence-electron chi connectivity index (χ3n) is 3.38. The number of aryl methyl sites for hydroxylation is 1. The average molecular weight is 231 g/mol. The van der Waals surface area contributed by atoms with Gasteiger partial charge in [-0.05, 0) is 37.1 Å². The molecule has 17 heavy (non-hydrogen) atoms. The van der Waals surface area contributed by atoms with E-state index in [1.165, 1.54) is 12.1 Å². The first-order valence-corrected chi connectivity index (χ1v) is 5.67. The smallest absolute Gasteiger partial charge is 0.123 e. The molecule has 0 saturated heterocycles. The van der Waals surface area contributed by atoms with Crippen molar-refractivity contribution in [2.24, 2.45) is 12.8 Å². The van der Waals surface area contributed by atoms with Crippen LogP contribution in [0.5, 0.6) is 0 Å². The zero-order valence-electron chi connectivity index (χ0n) is 9.65. The lowest BCUT2D eigenvalue weighted by Gasteiger charge is -2.11. The van der Waals surface area contributed by atoms with Crippen LogP contribution >= 0.6 is 0 Å². The minimum atomic E-state index is -0.230. The van der Waals surface area contributed by atoms with Gasteiger partial charge in [-0.3, -0.25) is 4.68 Å². The summed E-state index contributed by atoms with van der Waals surface area (Å²) in [5.41, 5.74) is 9.01. The predicted octanol–water partition coefficient (Wildman–Crippen LogP) is 2.17. The van der Waals surface area contributed by atoms with Crippen molar-refractivity contribution < 1.29 is 4.39 Å². The summed E-state index contributed by atoms with van der Waals surface area (Å²) >= 11 is 0. The largest absolute Gasteiger partial charge is 0.321 e. The quantitative estimate of drug-likeness (QED) is 0.860. The SMILES string of the molecule is Cn1ncc(C2(N)CC2)c1-c1ccc(F)cc1. The fraction of sp³-hybridized carbons (Fsp3) is 0.308. The van der Waals surface area contributed by atoms with Crippen LogP contribution in [-0.4, -0.2) is 9.78 Å². The molecule has 2 aromatic rings. The molecule has 0 amide bonds. The molecular weight excluding hydrogens is 217 g/mol. The number of nitrogens with zero attached hydrogens (tertiary/aromatic N) is 2. The number of rotatable bonds is 2. The standard InChI is InChI=1S/C13H14FN3/c1-17-12(9-2-4-10(14)5-3-9)11(8-16-17)13(15)6-7-13/h2-5,8H,6-7,15H2,1H3. The van der Waals surface area contributed by atoms with Gasteiger partial charge in [0, 0.05) is 23.7 Å². The van der Waals surface area contributed by atoms with E-state index in [1.807, 2.05) is 13.2 Å². The van der Waals surface area contributed by atoms with Crippen LogP contribution in [0.2, 0.25) is 0 Å². The average Bonchev–Trinajstić information content (AvgIpc) is 2.92. The van der Waals surface area contributed by atoms with E-state index in [0.29, 0.717) is 0 Å². The summed E-state index contributed by atoms with van der Waals surface area (Å²) in [7, 11) is 1.88. The van der Waals surface area contributed by atoms with E-state index in [-0.39, 0.29) is 11.4 Å². The molecule has 2 N–H and O–H groups in total. The van der Waals surface area contributed by atoms with Gasteiger partial charge in [0.15, 0.2) is 0 Å². The van der Waals surface area contributed by atoms with Crippen molar-refractivity contribution in [3.8, 4) is 11.3 Å². The van der Waals surface area contributed by atoms with Gasteiger partial charge in [0.1, 0.15) is 5.82 Å². The van der Waals surface area contributed by atoms with Crippen molar-refractivity contribution in [2.45, 2.75) is 18.4 Å². The Kier molecular flexibility index (Phi) is 2.10. The van der Waals surface area contributed by atoms with Crippen LogP contribution in [0.4, 0.5) is 4.39 Å². The molecular formula is C13H14FN3. The van der Waals surface area contributed by atoms with Gasteiger partial charge in [-0.25, -0.2) is 4.39 Å². The molecule has 1 aromatic heterocycles. The molecule has 0 bridgehead atoms. The summed E-state index contributed by atoms with van der Waals surface area (Å²) in [4.78, 5) is 0. The van der Waals surface area contributed by atoms with Crippen LogP contribution in [-0.2, 0) is 12.6 Å². The van der Waals surface area contributed by atoms with Crippen molar-refractivity contribution in [1.82, 2.24) is 9.78 Å². The molecule has 1 heterocycles. The zero-order valence-corrected chi connectivity index (χ0v) is 9.65. The summed E-state index contributed by atoms with van der Waals surface area (Å²) < 4.78 is 14.7. The molecule has 1 aliphatic carbocycles. The van der Waals surface area contributed by atoms with E-state index in [9.17, 15) is 4.39 Å². The Morgan fingerprint density at radius 2 is 1.94 bits per heavy atom. The second-order valence-electron chi connectivity index (χ2n) is 4.69. The molecule has 0 spiro atoms. The Labute approximate surface area is 99.1 Å². The lowest BCUT2D eigenvalue weighted by Crippen LogP contribution is -2.19. The summed E-state index contributed by atoms with van der Waals surface area (Å²) in [5, 5.41) is 4.26. The number of benzene rings is 1. The van der Waals surface area contributed by atoms with Crippen LogP contribution in [0.3, 0.4) is 0 Å². The fourth-order valence-corrected chi connectivity index (χ4v) is 2.16. The molecule has 88 valence electrons. The van der Waals surface area contributed by atoms with E-state index < -0.39 is 0 Å². The molecule has 0 radical (unpaired) electrons. The second-order valence-corrected chi connectivity index (χ2v) is 4.69. The molecule has 3 nitrogen and oxygen atoms in total. The molecule has 1 fully saturated rings. The molecule has 3 rings (SSSR count). The lowest BCUT2D eigenvalue weighted by atomic mass is 10.0. The molecule has 1 saturated carbocycles.